The van der Waals surface area contributed by atoms with E-state index in [1.807, 2.05) is 0 Å². The Hall–Kier alpha value is -3.75. The van der Waals surface area contributed by atoms with E-state index in [4.69, 9.17) is 9.57 Å². The molecule has 1 N–H and O–H groups in total. The summed E-state index contributed by atoms with van der Waals surface area (Å²) in [5.41, 5.74) is 1.72. The van der Waals surface area contributed by atoms with Crippen molar-refractivity contribution in [2.75, 3.05) is 11.9 Å². The minimum atomic E-state index is -0.773. The molecule has 0 bridgehead atoms. The molecule has 29 heavy (non-hydrogen) atoms. The molecule has 1 unspecified atom stereocenters. The van der Waals surface area contributed by atoms with Gasteiger partial charge in [-0.25, -0.2) is 14.1 Å². The molecule has 0 fully saturated rings. The van der Waals surface area contributed by atoms with Crippen molar-refractivity contribution in [2.24, 2.45) is 5.16 Å². The summed E-state index contributed by atoms with van der Waals surface area (Å²) in [6, 6.07) is 13.1. The van der Waals surface area contributed by atoms with Crippen molar-refractivity contribution in [3.63, 3.8) is 0 Å². The van der Waals surface area contributed by atoms with E-state index < -0.39 is 6.10 Å². The SMILES string of the molecule is O=C(Nc1cccc(OCCn2cncn2)c1)C1CC(c2cccc(F)c2)=NO1. The lowest BCUT2D eigenvalue weighted by Crippen LogP contribution is -2.28. The molecule has 1 atom stereocenters. The molecule has 1 aliphatic rings. The van der Waals surface area contributed by atoms with Crippen LogP contribution >= 0.6 is 0 Å². The second-order valence-electron chi connectivity index (χ2n) is 6.37. The first-order chi connectivity index (χ1) is 14.2. The van der Waals surface area contributed by atoms with Crippen LogP contribution in [0.4, 0.5) is 10.1 Å². The highest BCUT2D eigenvalue weighted by Gasteiger charge is 2.29. The molecule has 148 valence electrons. The fraction of sp³-hybridized carbons (Fsp3) is 0.200. The molecule has 8 nitrogen and oxygen atoms in total. The predicted molar refractivity (Wildman–Crippen MR) is 103 cm³/mol. The van der Waals surface area contributed by atoms with Gasteiger partial charge >= 0.3 is 0 Å². The highest BCUT2D eigenvalue weighted by Crippen LogP contribution is 2.21. The Morgan fingerprint density at radius 3 is 3.00 bits per heavy atom. The standard InChI is InChI=1S/C20H18FN5O3/c21-15-4-1-3-14(9-15)18-11-19(29-25-18)20(27)24-16-5-2-6-17(10-16)28-8-7-26-13-22-12-23-26/h1-6,9-10,12-13,19H,7-8,11H2,(H,24,27). The Bertz CT molecular complexity index is 1020. The summed E-state index contributed by atoms with van der Waals surface area (Å²) in [6.07, 6.45) is 2.57. The quantitative estimate of drug-likeness (QED) is 0.664. The van der Waals surface area contributed by atoms with E-state index in [1.165, 1.54) is 18.5 Å². The predicted octanol–water partition coefficient (Wildman–Crippen LogP) is 2.63. The van der Waals surface area contributed by atoms with Gasteiger partial charge in [0.25, 0.3) is 5.91 Å². The first-order valence-corrected chi connectivity index (χ1v) is 9.02. The fourth-order valence-electron chi connectivity index (χ4n) is 2.85. The van der Waals surface area contributed by atoms with Gasteiger partial charge < -0.3 is 14.9 Å². The number of carbonyl (C=O) groups excluding carboxylic acids is 1. The summed E-state index contributed by atoms with van der Waals surface area (Å²) < 4.78 is 20.7. The number of aromatic nitrogens is 3. The summed E-state index contributed by atoms with van der Waals surface area (Å²) in [7, 11) is 0. The number of nitrogens with zero attached hydrogens (tertiary/aromatic N) is 4. The molecule has 0 radical (unpaired) electrons. The molecule has 1 aliphatic heterocycles. The summed E-state index contributed by atoms with van der Waals surface area (Å²) in [5.74, 6) is -0.0781. The summed E-state index contributed by atoms with van der Waals surface area (Å²) in [6.45, 7) is 0.976. The Morgan fingerprint density at radius 2 is 2.17 bits per heavy atom. The van der Waals surface area contributed by atoms with Crippen LogP contribution in [0.25, 0.3) is 0 Å². The minimum absolute atomic E-state index is 0.267. The minimum Gasteiger partial charge on any atom is -0.492 e. The van der Waals surface area contributed by atoms with Gasteiger partial charge in [0.05, 0.1) is 12.3 Å². The molecule has 0 aliphatic carbocycles. The maximum atomic E-state index is 13.4. The lowest BCUT2D eigenvalue weighted by Gasteiger charge is -2.11. The van der Waals surface area contributed by atoms with Gasteiger partial charge in [-0.3, -0.25) is 4.79 Å². The van der Waals surface area contributed by atoms with Gasteiger partial charge in [-0.1, -0.05) is 23.4 Å². The van der Waals surface area contributed by atoms with Gasteiger partial charge in [0.2, 0.25) is 6.10 Å². The molecule has 3 aromatic rings. The number of hydrogen-bond acceptors (Lipinski definition) is 6. The lowest BCUT2D eigenvalue weighted by molar-refractivity contribution is -0.125. The number of rotatable bonds is 7. The second kappa shape index (κ2) is 8.51. The molecule has 4 rings (SSSR count). The van der Waals surface area contributed by atoms with E-state index in [0.717, 1.165) is 0 Å². The fourth-order valence-corrected chi connectivity index (χ4v) is 2.85. The molecular formula is C20H18FN5O3. The number of benzene rings is 2. The van der Waals surface area contributed by atoms with Gasteiger partial charge in [-0.05, 0) is 24.3 Å². The molecular weight excluding hydrogens is 377 g/mol. The Morgan fingerprint density at radius 1 is 1.28 bits per heavy atom. The number of halogens is 1. The van der Waals surface area contributed by atoms with Gasteiger partial charge in [-0.15, -0.1) is 0 Å². The van der Waals surface area contributed by atoms with Crippen molar-refractivity contribution in [1.82, 2.24) is 14.8 Å². The zero-order valence-corrected chi connectivity index (χ0v) is 15.4. The van der Waals surface area contributed by atoms with Crippen LogP contribution in [0.5, 0.6) is 5.75 Å². The van der Waals surface area contributed by atoms with Crippen molar-refractivity contribution in [3.8, 4) is 5.75 Å². The van der Waals surface area contributed by atoms with Gasteiger partial charge in [0.15, 0.2) is 0 Å². The first-order valence-electron chi connectivity index (χ1n) is 9.02. The summed E-state index contributed by atoms with van der Waals surface area (Å²) in [4.78, 5) is 21.6. The van der Waals surface area contributed by atoms with Crippen molar-refractivity contribution in [3.05, 3.63) is 72.6 Å². The average molecular weight is 395 g/mol. The van der Waals surface area contributed by atoms with E-state index in [1.54, 1.807) is 47.4 Å². The third-order valence-corrected chi connectivity index (χ3v) is 4.28. The number of carbonyl (C=O) groups is 1. The number of anilines is 1. The monoisotopic (exact) mass is 395 g/mol. The summed E-state index contributed by atoms with van der Waals surface area (Å²) >= 11 is 0. The third-order valence-electron chi connectivity index (χ3n) is 4.28. The van der Waals surface area contributed by atoms with Crippen molar-refractivity contribution >= 4 is 17.3 Å². The van der Waals surface area contributed by atoms with E-state index in [-0.39, 0.29) is 18.1 Å². The maximum absolute atomic E-state index is 13.4. The highest BCUT2D eigenvalue weighted by molar-refractivity contribution is 6.06. The Kier molecular flexibility index (Phi) is 5.46. The van der Waals surface area contributed by atoms with Crippen LogP contribution in [-0.4, -0.2) is 39.1 Å². The van der Waals surface area contributed by atoms with E-state index in [2.05, 4.69) is 20.6 Å². The summed E-state index contributed by atoms with van der Waals surface area (Å²) in [5, 5.41) is 10.7. The lowest BCUT2D eigenvalue weighted by atomic mass is 10.0. The largest absolute Gasteiger partial charge is 0.492 e. The molecule has 1 amide bonds. The highest BCUT2D eigenvalue weighted by atomic mass is 19.1. The molecule has 0 saturated carbocycles. The van der Waals surface area contributed by atoms with Crippen LogP contribution in [0.15, 0.2) is 66.3 Å². The van der Waals surface area contributed by atoms with Gasteiger partial charge in [0.1, 0.15) is 30.8 Å². The third kappa shape index (κ3) is 4.75. The van der Waals surface area contributed by atoms with Crippen LogP contribution in [0.2, 0.25) is 0 Å². The average Bonchev–Trinajstić information content (AvgIpc) is 3.41. The molecule has 1 aromatic heterocycles. The topological polar surface area (TPSA) is 90.6 Å². The normalized spacial score (nSPS) is 15.5. The molecule has 0 saturated heterocycles. The molecule has 2 heterocycles. The number of oxime groups is 1. The van der Waals surface area contributed by atoms with Crippen LogP contribution in [-0.2, 0) is 16.2 Å². The first kappa shape index (κ1) is 18.6. The van der Waals surface area contributed by atoms with Crippen molar-refractivity contribution in [2.45, 2.75) is 19.1 Å². The molecule has 0 spiro atoms. The maximum Gasteiger partial charge on any atom is 0.268 e. The van der Waals surface area contributed by atoms with Crippen LogP contribution in [0, 0.1) is 5.82 Å². The van der Waals surface area contributed by atoms with Crippen LogP contribution in [0.3, 0.4) is 0 Å². The van der Waals surface area contributed by atoms with Gasteiger partial charge in [0, 0.05) is 23.7 Å². The van der Waals surface area contributed by atoms with Crippen LogP contribution < -0.4 is 10.1 Å². The smallest absolute Gasteiger partial charge is 0.268 e. The van der Waals surface area contributed by atoms with Crippen molar-refractivity contribution in [1.29, 1.82) is 0 Å². The van der Waals surface area contributed by atoms with E-state index in [0.29, 0.717) is 35.9 Å². The van der Waals surface area contributed by atoms with E-state index in [9.17, 15) is 9.18 Å². The number of amides is 1. The number of hydrogen-bond donors (Lipinski definition) is 1. The zero-order valence-electron chi connectivity index (χ0n) is 15.4. The van der Waals surface area contributed by atoms with E-state index >= 15 is 0 Å². The Labute approximate surface area is 166 Å². The molecule has 2 aromatic carbocycles. The zero-order chi connectivity index (χ0) is 20.1. The van der Waals surface area contributed by atoms with Gasteiger partial charge in [-0.2, -0.15) is 5.10 Å². The van der Waals surface area contributed by atoms with Crippen molar-refractivity contribution < 1.29 is 18.8 Å². The van der Waals surface area contributed by atoms with Crippen LogP contribution in [0.1, 0.15) is 12.0 Å². The number of ether oxygens (including phenoxy) is 1. The molecule has 9 heteroatoms. The number of nitrogens with one attached hydrogen (secondary N) is 1. The second-order valence-corrected chi connectivity index (χ2v) is 6.37. The Balaban J connectivity index is 1.31.